The molecule has 120 valence electrons. The van der Waals surface area contributed by atoms with Gasteiger partial charge in [0.2, 0.25) is 0 Å². The van der Waals surface area contributed by atoms with Crippen LogP contribution < -0.4 is 0 Å². The molecule has 2 atom stereocenters. The maximum absolute atomic E-state index is 11.2. The Balaban J connectivity index is 3.55. The molecule has 0 rings (SSSR count). The van der Waals surface area contributed by atoms with Gasteiger partial charge in [0.1, 0.15) is 0 Å². The second-order valence-electron chi connectivity index (χ2n) is 4.41. The highest BCUT2D eigenvalue weighted by atomic mass is 16.7. The van der Waals surface area contributed by atoms with Gasteiger partial charge in [0.15, 0.2) is 12.6 Å². The largest absolute Gasteiger partial charge is 0.433 e. The zero-order chi connectivity index (χ0) is 16.3. The van der Waals surface area contributed by atoms with Crippen LogP contribution in [0.3, 0.4) is 0 Å². The number of hydrogen-bond acceptors (Lipinski definition) is 6. The highest BCUT2D eigenvalue weighted by Crippen LogP contribution is 2.03. The molecule has 0 aliphatic heterocycles. The highest BCUT2D eigenvalue weighted by Gasteiger charge is 2.10. The first-order chi connectivity index (χ1) is 9.86. The van der Waals surface area contributed by atoms with Crippen LogP contribution >= 0.6 is 0 Å². The molecule has 0 amide bonds. The first-order valence-electron chi connectivity index (χ1n) is 6.79. The van der Waals surface area contributed by atoms with E-state index in [4.69, 9.17) is 18.9 Å². The Hall–Kier alpha value is -1.66. The molecule has 0 saturated carbocycles. The van der Waals surface area contributed by atoms with E-state index in [1.807, 2.05) is 0 Å². The SMILES string of the molecule is C=CC(=O)OC(C)OCCCCOC(C)OC(=O)C(=C)C. The van der Waals surface area contributed by atoms with Crippen LogP contribution in [0.2, 0.25) is 0 Å². The predicted molar refractivity (Wildman–Crippen MR) is 77.3 cm³/mol. The van der Waals surface area contributed by atoms with Gasteiger partial charge in [-0.05, 0) is 33.6 Å². The van der Waals surface area contributed by atoms with Crippen molar-refractivity contribution in [3.63, 3.8) is 0 Å². The summed E-state index contributed by atoms with van der Waals surface area (Å²) in [5, 5.41) is 0. The number of unbranched alkanes of at least 4 members (excludes halogenated alkanes) is 1. The molecule has 6 heteroatoms. The molecule has 0 aromatic heterocycles. The molecule has 2 unspecified atom stereocenters. The van der Waals surface area contributed by atoms with E-state index in [9.17, 15) is 9.59 Å². The van der Waals surface area contributed by atoms with Crippen molar-refractivity contribution in [1.82, 2.24) is 0 Å². The molecule has 0 N–H and O–H groups in total. The summed E-state index contributed by atoms with van der Waals surface area (Å²) in [6.45, 7) is 12.5. The van der Waals surface area contributed by atoms with Gasteiger partial charge in [-0.1, -0.05) is 13.2 Å². The minimum Gasteiger partial charge on any atom is -0.433 e. The summed E-state index contributed by atoms with van der Waals surface area (Å²) in [5.41, 5.74) is 0.335. The third-order valence-electron chi connectivity index (χ3n) is 2.31. The fraction of sp³-hybridized carbons (Fsp3) is 0.600. The predicted octanol–water partition coefficient (Wildman–Crippen LogP) is 2.34. The molecule has 0 aliphatic carbocycles. The zero-order valence-corrected chi connectivity index (χ0v) is 12.9. The Morgan fingerprint density at radius 1 is 1.05 bits per heavy atom. The van der Waals surface area contributed by atoms with Crippen LogP contribution in [-0.4, -0.2) is 37.7 Å². The summed E-state index contributed by atoms with van der Waals surface area (Å²) in [7, 11) is 0. The Bertz CT molecular complexity index is 363. The Labute approximate surface area is 125 Å². The second kappa shape index (κ2) is 11.0. The van der Waals surface area contributed by atoms with Gasteiger partial charge in [-0.15, -0.1) is 0 Å². The summed E-state index contributed by atoms with van der Waals surface area (Å²) < 4.78 is 20.4. The monoisotopic (exact) mass is 300 g/mol. The van der Waals surface area contributed by atoms with E-state index in [1.54, 1.807) is 20.8 Å². The lowest BCUT2D eigenvalue weighted by atomic mass is 10.3. The molecule has 0 radical (unpaired) electrons. The van der Waals surface area contributed by atoms with E-state index >= 15 is 0 Å². The number of rotatable bonds is 11. The quantitative estimate of drug-likeness (QED) is 0.252. The maximum Gasteiger partial charge on any atom is 0.335 e. The van der Waals surface area contributed by atoms with Gasteiger partial charge < -0.3 is 18.9 Å². The molecule has 21 heavy (non-hydrogen) atoms. The van der Waals surface area contributed by atoms with E-state index in [-0.39, 0.29) is 0 Å². The molecule has 0 aromatic carbocycles. The van der Waals surface area contributed by atoms with Gasteiger partial charge in [0, 0.05) is 11.6 Å². The van der Waals surface area contributed by atoms with Crippen LogP contribution in [0, 0.1) is 0 Å². The van der Waals surface area contributed by atoms with Gasteiger partial charge in [0.05, 0.1) is 13.2 Å². The van der Waals surface area contributed by atoms with E-state index in [1.165, 1.54) is 0 Å². The lowest BCUT2D eigenvalue weighted by Gasteiger charge is -2.15. The van der Waals surface area contributed by atoms with Crippen molar-refractivity contribution in [2.24, 2.45) is 0 Å². The lowest BCUT2D eigenvalue weighted by molar-refractivity contribution is -0.173. The molecular formula is C15H24O6. The van der Waals surface area contributed by atoms with Crippen molar-refractivity contribution in [3.8, 4) is 0 Å². The molecule has 0 saturated heterocycles. The first-order valence-corrected chi connectivity index (χ1v) is 6.79. The molecule has 6 nitrogen and oxygen atoms in total. The Morgan fingerprint density at radius 3 is 1.95 bits per heavy atom. The van der Waals surface area contributed by atoms with Crippen molar-refractivity contribution in [3.05, 3.63) is 24.8 Å². The van der Waals surface area contributed by atoms with Gasteiger partial charge >= 0.3 is 11.9 Å². The molecular weight excluding hydrogens is 276 g/mol. The summed E-state index contributed by atoms with van der Waals surface area (Å²) >= 11 is 0. The molecule has 0 heterocycles. The molecule has 0 spiro atoms. The van der Waals surface area contributed by atoms with Crippen LogP contribution in [0.15, 0.2) is 24.8 Å². The summed E-state index contributed by atoms with van der Waals surface area (Å²) in [6, 6.07) is 0. The summed E-state index contributed by atoms with van der Waals surface area (Å²) in [6.07, 6.45) is 1.34. The number of ether oxygens (including phenoxy) is 4. The van der Waals surface area contributed by atoms with Crippen LogP contribution in [0.1, 0.15) is 33.6 Å². The van der Waals surface area contributed by atoms with Gasteiger partial charge in [-0.2, -0.15) is 0 Å². The van der Waals surface area contributed by atoms with Gasteiger partial charge in [-0.3, -0.25) is 0 Å². The molecule has 0 fully saturated rings. The van der Waals surface area contributed by atoms with Crippen molar-refractivity contribution in [2.75, 3.05) is 13.2 Å². The van der Waals surface area contributed by atoms with Crippen molar-refractivity contribution in [2.45, 2.75) is 46.2 Å². The van der Waals surface area contributed by atoms with E-state index in [2.05, 4.69) is 13.2 Å². The highest BCUT2D eigenvalue weighted by molar-refractivity contribution is 5.86. The standard InChI is InChI=1S/C15H24O6/c1-6-14(16)20-12(4)18-9-7-8-10-19-13(5)21-15(17)11(2)3/h6,12-13H,1-2,7-10H2,3-5H3. The summed E-state index contributed by atoms with van der Waals surface area (Å²) in [4.78, 5) is 22.1. The smallest absolute Gasteiger partial charge is 0.335 e. The average molecular weight is 300 g/mol. The third kappa shape index (κ3) is 10.8. The number of esters is 2. The number of hydrogen-bond donors (Lipinski definition) is 0. The Kier molecular flexibility index (Phi) is 10.2. The van der Waals surface area contributed by atoms with Crippen molar-refractivity contribution >= 4 is 11.9 Å². The molecule has 0 bridgehead atoms. The van der Waals surface area contributed by atoms with E-state index < -0.39 is 24.5 Å². The minimum absolute atomic E-state index is 0.335. The topological polar surface area (TPSA) is 71.1 Å². The fourth-order valence-corrected chi connectivity index (χ4v) is 1.23. The number of carbonyl (C=O) groups is 2. The second-order valence-corrected chi connectivity index (χ2v) is 4.41. The Morgan fingerprint density at radius 2 is 1.52 bits per heavy atom. The average Bonchev–Trinajstić information content (AvgIpc) is 2.42. The third-order valence-corrected chi connectivity index (χ3v) is 2.31. The minimum atomic E-state index is -0.609. The van der Waals surface area contributed by atoms with Crippen molar-refractivity contribution < 1.29 is 28.5 Å². The van der Waals surface area contributed by atoms with Crippen LogP contribution in [0.25, 0.3) is 0 Å². The molecule has 0 aliphatic rings. The molecule has 0 aromatic rings. The fourth-order valence-electron chi connectivity index (χ4n) is 1.23. The zero-order valence-electron chi connectivity index (χ0n) is 12.9. The maximum atomic E-state index is 11.2. The lowest BCUT2D eigenvalue weighted by Crippen LogP contribution is -2.19. The van der Waals surface area contributed by atoms with Gasteiger partial charge in [-0.25, -0.2) is 9.59 Å². The summed E-state index contributed by atoms with van der Waals surface area (Å²) in [5.74, 6) is -0.984. The van der Waals surface area contributed by atoms with Crippen molar-refractivity contribution in [1.29, 1.82) is 0 Å². The normalized spacial score (nSPS) is 13.1. The van der Waals surface area contributed by atoms with E-state index in [0.29, 0.717) is 18.8 Å². The first kappa shape index (κ1) is 19.3. The van der Waals surface area contributed by atoms with Crippen LogP contribution in [0.4, 0.5) is 0 Å². The van der Waals surface area contributed by atoms with Crippen LogP contribution in [-0.2, 0) is 28.5 Å². The number of carbonyl (C=O) groups excluding carboxylic acids is 2. The van der Waals surface area contributed by atoms with E-state index in [0.717, 1.165) is 18.9 Å². The van der Waals surface area contributed by atoms with Gasteiger partial charge in [0.25, 0.3) is 0 Å². The van der Waals surface area contributed by atoms with Crippen LogP contribution in [0.5, 0.6) is 0 Å².